The number of aliphatic hydroxyl groups is 1. The Morgan fingerprint density at radius 3 is 2.58 bits per heavy atom. The van der Waals surface area contributed by atoms with E-state index in [1.165, 1.54) is 0 Å². The molecule has 1 aromatic heterocycles. The molecule has 1 amide bonds. The van der Waals surface area contributed by atoms with Crippen molar-refractivity contribution < 1.29 is 14.6 Å². The fraction of sp³-hybridized carbons (Fsp3) is 0.214. The van der Waals surface area contributed by atoms with Crippen molar-refractivity contribution in [1.82, 2.24) is 10.3 Å². The summed E-state index contributed by atoms with van der Waals surface area (Å²) in [6, 6.07) is 7.40. The van der Waals surface area contributed by atoms with Gasteiger partial charge in [-0.1, -0.05) is 12.1 Å². The fourth-order valence-corrected chi connectivity index (χ4v) is 1.97. The number of amides is 1. The number of H-pyrrole nitrogens is 1. The lowest BCUT2D eigenvalue weighted by Crippen LogP contribution is -2.19. The molecule has 0 saturated carbocycles. The number of rotatable bonds is 4. The first kappa shape index (κ1) is 13.2. The summed E-state index contributed by atoms with van der Waals surface area (Å²) in [7, 11) is 3.17. The van der Waals surface area contributed by atoms with E-state index >= 15 is 0 Å². The van der Waals surface area contributed by atoms with Crippen LogP contribution in [-0.4, -0.2) is 30.2 Å². The highest BCUT2D eigenvalue weighted by atomic mass is 16.5. The third kappa shape index (κ3) is 2.46. The monoisotopic (exact) mass is 260 g/mol. The largest absolute Gasteiger partial charge is 0.497 e. The average Bonchev–Trinajstić information content (AvgIpc) is 2.90. The van der Waals surface area contributed by atoms with E-state index in [1.807, 2.05) is 24.3 Å². The van der Waals surface area contributed by atoms with Gasteiger partial charge in [-0.15, -0.1) is 0 Å². The van der Waals surface area contributed by atoms with Gasteiger partial charge in [-0.2, -0.15) is 0 Å². The van der Waals surface area contributed by atoms with E-state index in [0.29, 0.717) is 11.3 Å². The molecule has 0 spiro atoms. The minimum absolute atomic E-state index is 0.209. The first-order chi connectivity index (χ1) is 9.21. The van der Waals surface area contributed by atoms with Crippen molar-refractivity contribution in [3.8, 4) is 16.9 Å². The van der Waals surface area contributed by atoms with Crippen LogP contribution in [0.25, 0.3) is 11.1 Å². The van der Waals surface area contributed by atoms with Crippen LogP contribution in [0.2, 0.25) is 0 Å². The van der Waals surface area contributed by atoms with Gasteiger partial charge in [0.05, 0.1) is 25.0 Å². The predicted molar refractivity (Wildman–Crippen MR) is 72.1 cm³/mol. The summed E-state index contributed by atoms with van der Waals surface area (Å²) in [4.78, 5) is 14.8. The number of hydrogen-bond acceptors (Lipinski definition) is 3. The molecule has 5 heteroatoms. The number of ether oxygens (including phenoxy) is 1. The first-order valence-electron chi connectivity index (χ1n) is 5.88. The summed E-state index contributed by atoms with van der Waals surface area (Å²) >= 11 is 0. The van der Waals surface area contributed by atoms with E-state index in [1.54, 1.807) is 20.4 Å². The van der Waals surface area contributed by atoms with Crippen LogP contribution in [-0.2, 0) is 6.61 Å². The fourth-order valence-electron chi connectivity index (χ4n) is 1.97. The lowest BCUT2D eigenvalue weighted by Gasteiger charge is -2.06. The van der Waals surface area contributed by atoms with Gasteiger partial charge in [0.2, 0.25) is 0 Å². The Hall–Kier alpha value is -2.27. The second-order valence-corrected chi connectivity index (χ2v) is 4.02. The zero-order chi connectivity index (χ0) is 13.8. The van der Waals surface area contributed by atoms with Crippen molar-refractivity contribution in [1.29, 1.82) is 0 Å². The van der Waals surface area contributed by atoms with Crippen molar-refractivity contribution in [2.24, 2.45) is 0 Å². The van der Waals surface area contributed by atoms with E-state index < -0.39 is 0 Å². The van der Waals surface area contributed by atoms with E-state index in [-0.39, 0.29) is 12.5 Å². The molecule has 0 aliphatic heterocycles. The molecule has 2 rings (SSSR count). The number of hydrogen-bond donors (Lipinski definition) is 3. The van der Waals surface area contributed by atoms with Gasteiger partial charge in [0.25, 0.3) is 5.91 Å². The number of aliphatic hydroxyl groups excluding tert-OH is 1. The molecule has 0 aliphatic carbocycles. The maximum atomic E-state index is 11.9. The van der Waals surface area contributed by atoms with Crippen LogP contribution >= 0.6 is 0 Å². The van der Waals surface area contributed by atoms with Gasteiger partial charge >= 0.3 is 0 Å². The molecule has 0 fully saturated rings. The lowest BCUT2D eigenvalue weighted by atomic mass is 10.0. The molecule has 5 nitrogen and oxygen atoms in total. The number of aromatic nitrogens is 1. The molecule has 0 atom stereocenters. The zero-order valence-corrected chi connectivity index (χ0v) is 10.9. The summed E-state index contributed by atoms with van der Waals surface area (Å²) in [5.41, 5.74) is 2.61. The predicted octanol–water partition coefficient (Wildman–Crippen LogP) is 1.54. The SMILES string of the molecule is CNC(=O)c1c(-c2ccc(OC)cc2)c[nH]c1CO. The van der Waals surface area contributed by atoms with E-state index in [9.17, 15) is 9.90 Å². The third-order valence-electron chi connectivity index (χ3n) is 2.98. The van der Waals surface area contributed by atoms with Gasteiger partial charge in [-0.25, -0.2) is 0 Å². The van der Waals surface area contributed by atoms with Crippen LogP contribution in [0.1, 0.15) is 16.1 Å². The Labute approximate surface area is 111 Å². The summed E-state index contributed by atoms with van der Waals surface area (Å²) in [6.45, 7) is -0.209. The number of benzene rings is 1. The number of aromatic amines is 1. The summed E-state index contributed by atoms with van der Waals surface area (Å²) < 4.78 is 5.10. The summed E-state index contributed by atoms with van der Waals surface area (Å²) in [5, 5.41) is 11.9. The van der Waals surface area contributed by atoms with Gasteiger partial charge in [-0.3, -0.25) is 4.79 Å². The minimum Gasteiger partial charge on any atom is -0.497 e. The second-order valence-electron chi connectivity index (χ2n) is 4.02. The molecule has 0 bridgehead atoms. The van der Waals surface area contributed by atoms with Gasteiger partial charge in [0.1, 0.15) is 5.75 Å². The van der Waals surface area contributed by atoms with Crippen molar-refractivity contribution in [2.75, 3.05) is 14.2 Å². The molecule has 19 heavy (non-hydrogen) atoms. The maximum Gasteiger partial charge on any atom is 0.253 e. The standard InChI is InChI=1S/C14H16N2O3/c1-15-14(18)13-11(7-16-12(13)8-17)9-3-5-10(19-2)6-4-9/h3-7,16-17H,8H2,1-2H3,(H,15,18). The van der Waals surface area contributed by atoms with Crippen LogP contribution in [0.5, 0.6) is 5.75 Å². The molecule has 0 radical (unpaired) electrons. The minimum atomic E-state index is -0.226. The number of carbonyl (C=O) groups is 1. The number of carbonyl (C=O) groups excluding carboxylic acids is 1. The van der Waals surface area contributed by atoms with Gasteiger partial charge in [0, 0.05) is 18.8 Å². The highest BCUT2D eigenvalue weighted by Gasteiger charge is 2.18. The number of nitrogens with one attached hydrogen (secondary N) is 2. The molecule has 1 heterocycles. The van der Waals surface area contributed by atoms with Crippen molar-refractivity contribution in [3.63, 3.8) is 0 Å². The molecule has 0 aliphatic rings. The summed E-state index contributed by atoms with van der Waals surface area (Å²) in [6.07, 6.45) is 1.72. The van der Waals surface area contributed by atoms with E-state index in [2.05, 4.69) is 10.3 Å². The highest BCUT2D eigenvalue weighted by Crippen LogP contribution is 2.28. The van der Waals surface area contributed by atoms with Crippen molar-refractivity contribution in [2.45, 2.75) is 6.61 Å². The van der Waals surface area contributed by atoms with E-state index in [0.717, 1.165) is 16.9 Å². The Bertz CT molecular complexity index is 573. The molecular formula is C14H16N2O3. The van der Waals surface area contributed by atoms with Crippen LogP contribution in [0, 0.1) is 0 Å². The van der Waals surface area contributed by atoms with E-state index in [4.69, 9.17) is 4.74 Å². The van der Waals surface area contributed by atoms with Crippen LogP contribution in [0.15, 0.2) is 30.5 Å². The van der Waals surface area contributed by atoms with Crippen molar-refractivity contribution in [3.05, 3.63) is 41.7 Å². The maximum absolute atomic E-state index is 11.9. The molecule has 3 N–H and O–H groups in total. The third-order valence-corrected chi connectivity index (χ3v) is 2.98. The Balaban J connectivity index is 2.48. The average molecular weight is 260 g/mol. The van der Waals surface area contributed by atoms with Crippen molar-refractivity contribution >= 4 is 5.91 Å². The highest BCUT2D eigenvalue weighted by molar-refractivity contribution is 6.02. The molecule has 2 aromatic rings. The normalized spacial score (nSPS) is 10.3. The summed E-state index contributed by atoms with van der Waals surface area (Å²) in [5.74, 6) is 0.527. The molecular weight excluding hydrogens is 244 g/mol. The molecule has 1 aromatic carbocycles. The topological polar surface area (TPSA) is 74.3 Å². The Morgan fingerprint density at radius 2 is 2.05 bits per heavy atom. The smallest absolute Gasteiger partial charge is 0.253 e. The first-order valence-corrected chi connectivity index (χ1v) is 5.88. The second kappa shape index (κ2) is 5.58. The van der Waals surface area contributed by atoms with Gasteiger partial charge < -0.3 is 20.1 Å². The quantitative estimate of drug-likeness (QED) is 0.780. The van der Waals surface area contributed by atoms with Crippen LogP contribution in [0.3, 0.4) is 0 Å². The van der Waals surface area contributed by atoms with Gasteiger partial charge in [0.15, 0.2) is 0 Å². The van der Waals surface area contributed by atoms with Gasteiger partial charge in [-0.05, 0) is 17.7 Å². The Kier molecular flexibility index (Phi) is 3.87. The Morgan fingerprint density at radius 1 is 1.37 bits per heavy atom. The zero-order valence-electron chi connectivity index (χ0n) is 10.9. The molecule has 0 unspecified atom stereocenters. The van der Waals surface area contributed by atoms with Crippen LogP contribution in [0.4, 0.5) is 0 Å². The molecule has 0 saturated heterocycles. The number of methoxy groups -OCH3 is 1. The lowest BCUT2D eigenvalue weighted by molar-refractivity contribution is 0.0960. The molecule has 100 valence electrons. The van der Waals surface area contributed by atoms with Crippen LogP contribution < -0.4 is 10.1 Å².